The highest BCUT2D eigenvalue weighted by Gasteiger charge is 2.35. The average Bonchev–Trinajstić information content (AvgIpc) is 3.41. The summed E-state index contributed by atoms with van der Waals surface area (Å²) in [5.74, 6) is -11.7. The maximum atomic E-state index is 14.0. The first kappa shape index (κ1) is 73.3. The first-order valence-corrected chi connectivity index (χ1v) is 24.5. The van der Waals surface area contributed by atoms with E-state index in [2.05, 4.69) is 37.2 Å². The lowest BCUT2D eigenvalue weighted by molar-refractivity contribution is -0.139. The normalized spacial score (nSPS) is 18.0. The Kier molecular flexibility index (Phi) is 35.2. The van der Waals surface area contributed by atoms with Crippen LogP contribution >= 0.6 is 0 Å². The predicted octanol–water partition coefficient (Wildman–Crippen LogP) is -13.4. The van der Waals surface area contributed by atoms with Gasteiger partial charge in [0, 0.05) is 51.7 Å². The monoisotopic (exact) mass is 1150 g/mol. The second kappa shape index (κ2) is 38.0. The minimum atomic E-state index is -2.12. The Morgan fingerprint density at radius 2 is 0.595 bits per heavy atom. The number of carbonyl (C=O) groups excluding carboxylic acids is 8. The fourth-order valence-corrected chi connectivity index (χ4v) is 6.76. The number of carboxylic acids is 2. The standard InChI is InChI=1S/C44H78N8O27/c1-18(56)20(3-8-31(64)47-13-25(58)36(71)39(74)28(61)16-54)49-42(77)23(6-11-34(68)69)52-43(78)21(4-9-32(65)48-14-26(59)37(72)40(75)29(62)17-55)51-44(79)22(5-10-33(66)67)50-41(76)19(45)2-7-30(63)46-12-24(57)35(70)38(73)27(60)15-53/h19-29,35-40,53-55,57-62,70-75H,2-17,45H2,1H3,(H,46,63)(H,47,64)(H,48,65)(H,49,77)(H,50,76)(H,51,79)(H,52,78)(H,66,67)(H,68,69)/t19-,20-,21-,22-,23-,24-,25-,26-,27+,28+,29+,35+,36+,37+,38+,39+,40+/m0/s1. The molecule has 35 nitrogen and oxygen atoms in total. The smallest absolute Gasteiger partial charge is 0.303 e. The zero-order valence-corrected chi connectivity index (χ0v) is 42.9. The number of carbonyl (C=O) groups is 10. The molecule has 0 bridgehead atoms. The van der Waals surface area contributed by atoms with Crippen molar-refractivity contribution in [2.75, 3.05) is 39.5 Å². The maximum absolute atomic E-state index is 14.0. The van der Waals surface area contributed by atoms with Crippen molar-refractivity contribution in [3.63, 3.8) is 0 Å². The molecule has 0 aromatic heterocycles. The first-order chi connectivity index (χ1) is 36.8. The summed E-state index contributed by atoms with van der Waals surface area (Å²) >= 11 is 0. The number of aliphatic hydroxyl groups is 15. The number of nitrogens with one attached hydrogen (secondary N) is 7. The molecule has 0 aliphatic heterocycles. The van der Waals surface area contributed by atoms with Gasteiger partial charge in [-0.3, -0.25) is 47.9 Å². The molecular formula is C44H78N8O27. The van der Waals surface area contributed by atoms with Crippen molar-refractivity contribution in [2.45, 2.75) is 175 Å². The highest BCUT2D eigenvalue weighted by atomic mass is 16.4. The van der Waals surface area contributed by atoms with E-state index in [1.54, 1.807) is 0 Å². The van der Waals surface area contributed by atoms with Crippen LogP contribution in [0.15, 0.2) is 0 Å². The van der Waals surface area contributed by atoms with Gasteiger partial charge in [0.2, 0.25) is 41.4 Å². The molecule has 0 aromatic rings. The average molecular weight is 1150 g/mol. The number of ketones is 1. The number of rotatable bonds is 42. The number of aliphatic carboxylic acids is 2. The van der Waals surface area contributed by atoms with Crippen LogP contribution in [0.5, 0.6) is 0 Å². The van der Waals surface area contributed by atoms with E-state index < -0.39 is 266 Å². The SMILES string of the molecule is CC(=O)[C@H](CCC(=O)NC[C@H](O)[C@@H](O)[C@H](O)[C@H](O)CO)NC(=O)[C@H](CCC(=O)O)NC(=O)[C@H](CCC(=O)NC[C@H](O)[C@@H](O)[C@H](O)[C@H](O)CO)NC(=O)[C@H](CCC(=O)O)NC(=O)[C@@H](N)CCC(=O)NC[C@H](O)[C@@H](O)[C@H](O)[C@H](O)CO. The van der Waals surface area contributed by atoms with Gasteiger partial charge in [0.1, 0.15) is 73.1 Å². The third kappa shape index (κ3) is 28.3. The summed E-state index contributed by atoms with van der Waals surface area (Å²) in [4.78, 5) is 129. The van der Waals surface area contributed by atoms with Gasteiger partial charge >= 0.3 is 11.9 Å². The molecule has 0 unspecified atom stereocenters. The van der Waals surface area contributed by atoms with Gasteiger partial charge in [0.15, 0.2) is 5.78 Å². The molecule has 0 aromatic carbocycles. The van der Waals surface area contributed by atoms with Gasteiger partial charge in [-0.2, -0.15) is 0 Å². The Labute approximate surface area is 450 Å². The Balaban J connectivity index is 6.55. The van der Waals surface area contributed by atoms with E-state index in [1.165, 1.54) is 0 Å². The quantitative estimate of drug-likeness (QED) is 0.0270. The van der Waals surface area contributed by atoms with Crippen LogP contribution in [0, 0.1) is 0 Å². The Morgan fingerprint density at radius 1 is 0.354 bits per heavy atom. The van der Waals surface area contributed by atoms with Crippen molar-refractivity contribution in [3.05, 3.63) is 0 Å². The summed E-state index contributed by atoms with van der Waals surface area (Å²) in [5.41, 5.74) is 5.92. The third-order valence-corrected chi connectivity index (χ3v) is 11.8. The summed E-state index contributed by atoms with van der Waals surface area (Å²) in [6, 6.07) is -8.90. The maximum Gasteiger partial charge on any atom is 0.303 e. The van der Waals surface area contributed by atoms with Gasteiger partial charge in [-0.15, -0.1) is 0 Å². The largest absolute Gasteiger partial charge is 0.481 e. The number of hydrogen-bond acceptors (Lipinski definition) is 26. The molecular weight excluding hydrogens is 1070 g/mol. The molecule has 0 fully saturated rings. The van der Waals surface area contributed by atoms with Gasteiger partial charge in [-0.25, -0.2) is 0 Å². The van der Waals surface area contributed by atoms with Crippen LogP contribution in [-0.2, 0) is 47.9 Å². The zero-order chi connectivity index (χ0) is 60.9. The first-order valence-electron chi connectivity index (χ1n) is 24.5. The summed E-state index contributed by atoms with van der Waals surface area (Å²) < 4.78 is 0. The predicted molar refractivity (Wildman–Crippen MR) is 260 cm³/mol. The number of nitrogens with two attached hydrogens (primary N) is 1. The van der Waals surface area contributed by atoms with Gasteiger partial charge in [0.25, 0.3) is 0 Å². The lowest BCUT2D eigenvalue weighted by atomic mass is 10.0. The molecule has 0 aliphatic carbocycles. The molecule has 0 aliphatic rings. The summed E-state index contributed by atoms with van der Waals surface area (Å²) in [5, 5.41) is 179. The van der Waals surface area contributed by atoms with E-state index >= 15 is 0 Å². The van der Waals surface area contributed by atoms with Crippen LogP contribution in [0.2, 0.25) is 0 Å². The molecule has 17 atom stereocenters. The molecule has 26 N–H and O–H groups in total. The Morgan fingerprint density at radius 3 is 0.873 bits per heavy atom. The van der Waals surface area contributed by atoms with Gasteiger partial charge < -0.3 is 130 Å². The van der Waals surface area contributed by atoms with E-state index in [-0.39, 0.29) is 0 Å². The number of Topliss-reactive ketones (excluding diaryl/α,β-unsaturated/α-hetero) is 1. The van der Waals surface area contributed by atoms with Crippen LogP contribution in [0.4, 0.5) is 0 Å². The number of aliphatic hydroxyl groups excluding tert-OH is 15. The fraction of sp³-hybridized carbons (Fsp3) is 0.773. The molecule has 456 valence electrons. The van der Waals surface area contributed by atoms with Crippen molar-refractivity contribution in [3.8, 4) is 0 Å². The topological polar surface area (TPSA) is 625 Å². The Bertz CT molecular complexity index is 1960. The fourth-order valence-electron chi connectivity index (χ4n) is 6.76. The van der Waals surface area contributed by atoms with Crippen LogP contribution in [0.25, 0.3) is 0 Å². The molecule has 0 spiro atoms. The van der Waals surface area contributed by atoms with E-state index in [0.29, 0.717) is 0 Å². The van der Waals surface area contributed by atoms with Crippen LogP contribution in [0.3, 0.4) is 0 Å². The molecule has 0 rings (SSSR count). The molecule has 0 heterocycles. The van der Waals surface area contributed by atoms with Crippen LogP contribution < -0.4 is 43.0 Å². The van der Waals surface area contributed by atoms with E-state index in [9.17, 15) is 119 Å². The van der Waals surface area contributed by atoms with Gasteiger partial charge in [-0.1, -0.05) is 0 Å². The number of amides is 7. The molecule has 0 saturated heterocycles. The van der Waals surface area contributed by atoms with Crippen LogP contribution in [0.1, 0.15) is 71.1 Å². The number of hydrogen-bond donors (Lipinski definition) is 25. The zero-order valence-electron chi connectivity index (χ0n) is 42.9. The summed E-state index contributed by atoms with van der Waals surface area (Å²) in [6.45, 7) is -4.23. The Hall–Kier alpha value is -5.74. The molecule has 79 heavy (non-hydrogen) atoms. The van der Waals surface area contributed by atoms with Gasteiger partial charge in [0.05, 0.1) is 50.2 Å². The minimum absolute atomic E-state index is 0.474. The second-order valence-corrected chi connectivity index (χ2v) is 18.3. The summed E-state index contributed by atoms with van der Waals surface area (Å²) in [7, 11) is 0. The van der Waals surface area contributed by atoms with E-state index in [4.69, 9.17) is 21.1 Å². The van der Waals surface area contributed by atoms with E-state index in [0.717, 1.165) is 6.92 Å². The van der Waals surface area contributed by atoms with Gasteiger partial charge in [-0.05, 0) is 39.0 Å². The molecule has 35 heteroatoms. The lowest BCUT2D eigenvalue weighted by Gasteiger charge is -2.27. The second-order valence-electron chi connectivity index (χ2n) is 18.3. The van der Waals surface area contributed by atoms with Crippen molar-refractivity contribution in [2.24, 2.45) is 5.73 Å². The van der Waals surface area contributed by atoms with Crippen molar-refractivity contribution >= 4 is 59.1 Å². The minimum Gasteiger partial charge on any atom is -0.481 e. The highest BCUT2D eigenvalue weighted by Crippen LogP contribution is 2.11. The van der Waals surface area contributed by atoms with Crippen LogP contribution in [-0.4, -0.2) is 289 Å². The van der Waals surface area contributed by atoms with E-state index in [1.807, 2.05) is 0 Å². The van der Waals surface area contributed by atoms with Crippen molar-refractivity contribution < 1.29 is 135 Å². The molecule has 0 radical (unpaired) electrons. The third-order valence-electron chi connectivity index (χ3n) is 11.8. The summed E-state index contributed by atoms with van der Waals surface area (Å²) in [6.07, 6.45) is -30.3. The number of carboxylic acid groups (broad SMARTS) is 2. The van der Waals surface area contributed by atoms with Crippen molar-refractivity contribution in [1.29, 1.82) is 0 Å². The highest BCUT2D eigenvalue weighted by molar-refractivity contribution is 5.96. The molecule has 0 saturated carbocycles. The molecule has 7 amide bonds. The lowest BCUT2D eigenvalue weighted by Crippen LogP contribution is -2.58. The van der Waals surface area contributed by atoms with Crippen molar-refractivity contribution in [1.82, 2.24) is 37.2 Å².